The van der Waals surface area contributed by atoms with Gasteiger partial charge in [0.25, 0.3) is 11.1 Å². The molecule has 3 aromatic rings. The fourth-order valence-electron chi connectivity index (χ4n) is 3.26. The van der Waals surface area contributed by atoms with Gasteiger partial charge >= 0.3 is 10.1 Å². The largest absolute Gasteiger partial charge is 0.493 e. The second kappa shape index (κ2) is 11.1. The van der Waals surface area contributed by atoms with Crippen LogP contribution in [0, 0.1) is 0 Å². The number of ether oxygens (including phenoxy) is 2. The Bertz CT molecular complexity index is 1420. The van der Waals surface area contributed by atoms with Gasteiger partial charge in [0.2, 0.25) is 0 Å². The van der Waals surface area contributed by atoms with Crippen LogP contribution in [0.4, 0.5) is 4.79 Å². The van der Waals surface area contributed by atoms with Gasteiger partial charge in [0.05, 0.1) is 18.6 Å². The number of nitrogens with zero attached hydrogens (tertiary/aromatic N) is 1. The zero-order valence-electron chi connectivity index (χ0n) is 18.9. The first-order chi connectivity index (χ1) is 17.3. The van der Waals surface area contributed by atoms with Crippen molar-refractivity contribution in [2.24, 2.45) is 0 Å². The predicted octanol–water partition coefficient (Wildman–Crippen LogP) is 5.23. The molecule has 0 unspecified atom stereocenters. The van der Waals surface area contributed by atoms with Crippen LogP contribution < -0.4 is 13.7 Å². The highest BCUT2D eigenvalue weighted by molar-refractivity contribution is 8.18. The molecule has 1 aliphatic rings. The Morgan fingerprint density at radius 2 is 1.56 bits per heavy atom. The quantitative estimate of drug-likeness (QED) is 0.266. The van der Waals surface area contributed by atoms with Gasteiger partial charge in [0, 0.05) is 10.6 Å². The number of thioether (sulfide) groups is 1. The van der Waals surface area contributed by atoms with Crippen molar-refractivity contribution in [1.82, 2.24) is 4.90 Å². The Morgan fingerprint density at radius 3 is 2.25 bits per heavy atom. The third-order valence-electron chi connectivity index (χ3n) is 5.02. The summed E-state index contributed by atoms with van der Waals surface area (Å²) in [6.45, 7) is 0.105. The molecule has 4 rings (SSSR count). The number of para-hydroxylation sites is 3. The monoisotopic (exact) mass is 545 g/mol. The first-order valence-corrected chi connectivity index (χ1v) is 13.2. The molecular formula is C25H20ClNO7S2. The Balaban J connectivity index is 1.48. The molecule has 1 saturated heterocycles. The molecule has 3 aromatic carbocycles. The number of hydrogen-bond acceptors (Lipinski definition) is 8. The van der Waals surface area contributed by atoms with Crippen LogP contribution in [0.25, 0.3) is 6.08 Å². The minimum atomic E-state index is -4.15. The highest BCUT2D eigenvalue weighted by Gasteiger charge is 2.35. The maximum atomic E-state index is 12.9. The minimum Gasteiger partial charge on any atom is -0.493 e. The van der Waals surface area contributed by atoms with Crippen LogP contribution in [0.15, 0.2) is 82.6 Å². The van der Waals surface area contributed by atoms with Crippen molar-refractivity contribution in [3.05, 3.63) is 88.3 Å². The molecule has 36 heavy (non-hydrogen) atoms. The lowest BCUT2D eigenvalue weighted by molar-refractivity contribution is -0.123. The number of halogens is 1. The highest BCUT2D eigenvalue weighted by Crippen LogP contribution is 2.35. The third kappa shape index (κ3) is 5.84. The molecule has 0 saturated carbocycles. The molecule has 2 amide bonds. The van der Waals surface area contributed by atoms with Gasteiger partial charge in [0.1, 0.15) is 17.3 Å². The maximum Gasteiger partial charge on any atom is 0.339 e. The van der Waals surface area contributed by atoms with Crippen LogP contribution in [0.3, 0.4) is 0 Å². The summed E-state index contributed by atoms with van der Waals surface area (Å²) in [5, 5.41) is -0.0690. The van der Waals surface area contributed by atoms with Gasteiger partial charge in [-0.05, 0) is 60.3 Å². The van der Waals surface area contributed by atoms with Crippen LogP contribution in [0.5, 0.6) is 17.2 Å². The molecule has 186 valence electrons. The van der Waals surface area contributed by atoms with E-state index in [9.17, 15) is 18.0 Å². The molecular weight excluding hydrogens is 526 g/mol. The van der Waals surface area contributed by atoms with E-state index in [1.54, 1.807) is 42.5 Å². The summed E-state index contributed by atoms with van der Waals surface area (Å²) in [7, 11) is -2.63. The third-order valence-corrected chi connectivity index (χ3v) is 7.43. The Morgan fingerprint density at radius 1 is 0.917 bits per heavy atom. The number of methoxy groups -OCH3 is 1. The van der Waals surface area contributed by atoms with Gasteiger partial charge in [-0.3, -0.25) is 14.5 Å². The van der Waals surface area contributed by atoms with E-state index in [0.29, 0.717) is 22.1 Å². The van der Waals surface area contributed by atoms with Gasteiger partial charge in [-0.15, -0.1) is 0 Å². The minimum absolute atomic E-state index is 0.0127. The summed E-state index contributed by atoms with van der Waals surface area (Å²) in [5.74, 6) is 0.537. The smallest absolute Gasteiger partial charge is 0.339 e. The van der Waals surface area contributed by atoms with E-state index in [1.165, 1.54) is 43.5 Å². The Labute approximate surface area is 217 Å². The molecule has 0 bridgehead atoms. The summed E-state index contributed by atoms with van der Waals surface area (Å²) < 4.78 is 41.6. The van der Waals surface area contributed by atoms with Crippen molar-refractivity contribution in [2.45, 2.75) is 4.90 Å². The first-order valence-electron chi connectivity index (χ1n) is 10.6. The SMILES string of the molecule is COc1ccccc1OCCN1C(=O)S/C(=C\c2ccccc2OS(=O)(=O)c2ccc(Cl)cc2)C1=O. The fraction of sp³-hybridized carbons (Fsp3) is 0.120. The summed E-state index contributed by atoms with van der Waals surface area (Å²) >= 11 is 6.59. The van der Waals surface area contributed by atoms with Crippen LogP contribution >= 0.6 is 23.4 Å². The van der Waals surface area contributed by atoms with Crippen LogP contribution in [0.2, 0.25) is 5.02 Å². The number of carbonyl (C=O) groups excluding carboxylic acids is 2. The predicted molar refractivity (Wildman–Crippen MR) is 137 cm³/mol. The van der Waals surface area contributed by atoms with Gasteiger partial charge in [-0.2, -0.15) is 8.42 Å². The number of carbonyl (C=O) groups is 2. The normalized spacial score (nSPS) is 14.8. The van der Waals surface area contributed by atoms with Crippen molar-refractivity contribution in [3.63, 3.8) is 0 Å². The molecule has 8 nitrogen and oxygen atoms in total. The highest BCUT2D eigenvalue weighted by atomic mass is 35.5. The van der Waals surface area contributed by atoms with Gasteiger partial charge in [-0.25, -0.2) is 0 Å². The molecule has 0 atom stereocenters. The van der Waals surface area contributed by atoms with E-state index in [1.807, 2.05) is 0 Å². The molecule has 0 N–H and O–H groups in total. The number of amides is 2. The zero-order valence-corrected chi connectivity index (χ0v) is 21.3. The second-order valence-corrected chi connectivity index (χ2v) is 10.3. The van der Waals surface area contributed by atoms with Gasteiger partial charge in [0.15, 0.2) is 11.5 Å². The Kier molecular flexibility index (Phi) is 7.88. The molecule has 0 radical (unpaired) electrons. The number of rotatable bonds is 9. The van der Waals surface area contributed by atoms with E-state index in [4.69, 9.17) is 25.3 Å². The van der Waals surface area contributed by atoms with E-state index in [0.717, 1.165) is 16.7 Å². The lowest BCUT2D eigenvalue weighted by atomic mass is 10.2. The molecule has 1 aliphatic heterocycles. The lowest BCUT2D eigenvalue weighted by Crippen LogP contribution is -2.32. The number of hydrogen-bond donors (Lipinski definition) is 0. The molecule has 1 fully saturated rings. The topological polar surface area (TPSA) is 99.2 Å². The van der Waals surface area contributed by atoms with Crippen molar-refractivity contribution in [1.29, 1.82) is 0 Å². The second-order valence-electron chi connectivity index (χ2n) is 7.36. The summed E-state index contributed by atoms with van der Waals surface area (Å²) in [6.07, 6.45) is 1.43. The molecule has 0 spiro atoms. The average molecular weight is 546 g/mol. The van der Waals surface area contributed by atoms with Gasteiger partial charge in [-0.1, -0.05) is 41.9 Å². The van der Waals surface area contributed by atoms with Crippen LogP contribution in [-0.4, -0.2) is 44.7 Å². The summed E-state index contributed by atoms with van der Waals surface area (Å²) in [6, 6.07) is 18.9. The average Bonchev–Trinajstić information content (AvgIpc) is 3.13. The van der Waals surface area contributed by atoms with E-state index >= 15 is 0 Å². The van der Waals surface area contributed by atoms with E-state index < -0.39 is 21.3 Å². The number of benzene rings is 3. The van der Waals surface area contributed by atoms with E-state index in [-0.39, 0.29) is 28.7 Å². The standard InChI is InChI=1S/C25H20ClNO7S2/c1-32-21-8-4-5-9-22(21)33-15-14-27-24(28)23(35-25(27)29)16-17-6-2-3-7-20(17)34-36(30,31)19-12-10-18(26)11-13-19/h2-13,16H,14-15H2,1H3/b23-16-. The lowest BCUT2D eigenvalue weighted by Gasteiger charge is -2.14. The van der Waals surface area contributed by atoms with Crippen molar-refractivity contribution in [2.75, 3.05) is 20.3 Å². The van der Waals surface area contributed by atoms with Crippen molar-refractivity contribution < 1.29 is 31.7 Å². The van der Waals surface area contributed by atoms with Crippen molar-refractivity contribution in [3.8, 4) is 17.2 Å². The van der Waals surface area contributed by atoms with E-state index in [2.05, 4.69) is 0 Å². The zero-order chi connectivity index (χ0) is 25.7. The first kappa shape index (κ1) is 25.6. The molecule has 0 aliphatic carbocycles. The number of imide groups is 1. The van der Waals surface area contributed by atoms with Crippen molar-refractivity contribution >= 4 is 50.7 Å². The van der Waals surface area contributed by atoms with Crippen LogP contribution in [0.1, 0.15) is 5.56 Å². The summed E-state index contributed by atoms with van der Waals surface area (Å²) in [4.78, 5) is 26.5. The van der Waals surface area contributed by atoms with Crippen LogP contribution in [-0.2, 0) is 14.9 Å². The fourth-order valence-corrected chi connectivity index (χ4v) is 5.20. The van der Waals surface area contributed by atoms with Gasteiger partial charge < -0.3 is 13.7 Å². The maximum absolute atomic E-state index is 12.9. The Hall–Kier alpha value is -3.47. The summed E-state index contributed by atoms with van der Waals surface area (Å²) in [5.41, 5.74) is 0.325. The molecule has 0 aromatic heterocycles. The molecule has 11 heteroatoms. The molecule has 1 heterocycles.